The Balaban J connectivity index is 1.16. The van der Waals surface area contributed by atoms with Gasteiger partial charge in [-0.3, -0.25) is 4.57 Å². The van der Waals surface area contributed by atoms with Crippen molar-refractivity contribution in [3.05, 3.63) is 150 Å². The van der Waals surface area contributed by atoms with Crippen molar-refractivity contribution >= 4 is 44.6 Å². The number of rotatable bonds is 5. The van der Waals surface area contributed by atoms with Gasteiger partial charge in [0.1, 0.15) is 17.3 Å². The summed E-state index contributed by atoms with van der Waals surface area (Å²) in [5.74, 6) is 2.52. The van der Waals surface area contributed by atoms with E-state index in [9.17, 15) is 0 Å². The maximum absolute atomic E-state index is 6.86. The Morgan fingerprint density at radius 1 is 0.474 bits per heavy atom. The molecule has 5 aromatic carbocycles. The second kappa shape index (κ2) is 12.1. The number of fused-ring (bicyclic) bond motifs is 7. The van der Waals surface area contributed by atoms with Crippen LogP contribution in [0.25, 0.3) is 27.6 Å². The summed E-state index contributed by atoms with van der Waals surface area (Å²) in [6, 6.07) is 42.8. The summed E-state index contributed by atoms with van der Waals surface area (Å²) in [6.45, 7) is 29.8. The number of hydrogen-bond acceptors (Lipinski definition) is 2. The van der Waals surface area contributed by atoms with Gasteiger partial charge in [0.2, 0.25) is 11.4 Å². The van der Waals surface area contributed by atoms with Gasteiger partial charge < -0.3 is 4.74 Å². The van der Waals surface area contributed by atoms with E-state index in [4.69, 9.17) is 9.72 Å². The van der Waals surface area contributed by atoms with E-state index < -0.39 is 0 Å². The van der Waals surface area contributed by atoms with Crippen molar-refractivity contribution < 1.29 is 4.74 Å². The van der Waals surface area contributed by atoms with Gasteiger partial charge in [-0.2, -0.15) is 9.18 Å². The summed E-state index contributed by atoms with van der Waals surface area (Å²) in [4.78, 5) is 4.96. The van der Waals surface area contributed by atoms with Gasteiger partial charge in [0, 0.05) is 59.4 Å². The van der Waals surface area contributed by atoms with E-state index in [-0.39, 0.29) is 21.7 Å². The minimum atomic E-state index is -0.00966. The van der Waals surface area contributed by atoms with Crippen LogP contribution in [0.3, 0.4) is 0 Å². The molecule has 7 aromatic rings. The third kappa shape index (κ3) is 5.76. The molecule has 2 aliphatic rings. The second-order valence-corrected chi connectivity index (χ2v) is 20.5. The Bertz CT molecular complexity index is 2750. The van der Waals surface area contributed by atoms with Crippen LogP contribution < -0.4 is 13.9 Å². The van der Waals surface area contributed by atoms with Gasteiger partial charge in [0.15, 0.2) is 18.0 Å². The zero-order valence-corrected chi connectivity index (χ0v) is 35.8. The Kier molecular flexibility index (Phi) is 7.96. The van der Waals surface area contributed by atoms with Crippen molar-refractivity contribution in [3.8, 4) is 17.3 Å². The maximum Gasteiger partial charge on any atom is 0.225 e. The highest BCUT2D eigenvalue weighted by molar-refractivity contribution is 6.09. The van der Waals surface area contributed by atoms with Crippen molar-refractivity contribution in [2.75, 3.05) is 0 Å². The first-order chi connectivity index (χ1) is 26.7. The first-order valence-corrected chi connectivity index (χ1v) is 20.5. The summed E-state index contributed by atoms with van der Waals surface area (Å²) < 4.78 is 10.5. The lowest BCUT2D eigenvalue weighted by atomic mass is 9.85. The van der Waals surface area contributed by atoms with Gasteiger partial charge in [0.25, 0.3) is 0 Å². The number of quaternary nitrogens is 2. The van der Waals surface area contributed by atoms with Gasteiger partial charge in [-0.05, 0) is 80.3 Å². The minimum absolute atomic E-state index is 0.00735. The normalized spacial score (nSPS) is 19.3. The summed E-state index contributed by atoms with van der Waals surface area (Å²) in [5.41, 5.74) is 12.6. The molecule has 1 fully saturated rings. The SMILES string of the molecule is CC(C)(C)c1cccc([N@+]23[CH-][N+]2(c2cccc(Oc4ccc5c6ccc(C(C)(C)C)cc6n(-c6cc(C(C)(C)C)ccn6)c5c4)c2)c2cc(C(C)(C)C)ccc23)c1. The van der Waals surface area contributed by atoms with Crippen LogP contribution >= 0.6 is 0 Å². The van der Waals surface area contributed by atoms with Gasteiger partial charge in [-0.25, -0.2) is 4.98 Å². The van der Waals surface area contributed by atoms with Gasteiger partial charge >= 0.3 is 0 Å². The van der Waals surface area contributed by atoms with Gasteiger partial charge in [-0.15, -0.1) is 0 Å². The molecule has 290 valence electrons. The largest absolute Gasteiger partial charge is 0.457 e. The Hall–Kier alpha value is -5.23. The average molecular weight is 754 g/mol. The molecule has 1 saturated heterocycles. The van der Waals surface area contributed by atoms with E-state index in [0.717, 1.165) is 28.4 Å². The van der Waals surface area contributed by atoms with Crippen molar-refractivity contribution in [1.82, 2.24) is 18.7 Å². The highest BCUT2D eigenvalue weighted by Crippen LogP contribution is 2.75. The van der Waals surface area contributed by atoms with Crippen molar-refractivity contribution in [3.63, 3.8) is 0 Å². The van der Waals surface area contributed by atoms with E-state index in [1.807, 2.05) is 6.20 Å². The zero-order valence-electron chi connectivity index (χ0n) is 35.8. The molecule has 4 heterocycles. The fourth-order valence-corrected chi connectivity index (χ4v) is 8.83. The quantitative estimate of drug-likeness (QED) is 0.0994. The minimum Gasteiger partial charge on any atom is -0.457 e. The molecule has 0 aliphatic carbocycles. The first-order valence-electron chi connectivity index (χ1n) is 20.5. The molecule has 2 aliphatic heterocycles. The van der Waals surface area contributed by atoms with Crippen molar-refractivity contribution in [2.24, 2.45) is 0 Å². The molecule has 0 saturated carbocycles. The van der Waals surface area contributed by atoms with E-state index in [1.165, 1.54) is 55.8 Å². The number of hydrogen-bond donors (Lipinski definition) is 0. The molecule has 5 heteroatoms. The standard InChI is InChI=1S/C52H57N4O/c1-49(2,3)34-15-13-16-38(27-34)55-33-56(55,47-29-36(51(7,8)9)20-24-46(47)55)39-17-14-18-40(31-39)57-41-21-23-43-42-22-19-35(50(4,5)6)28-44(42)54(45(43)32-41)48-30-37(25-26-53-48)52(10,11)12/h13-33H,1-12H3/q+1/t55-,56?/m0/s1. The van der Waals surface area contributed by atoms with Crippen LogP contribution in [0, 0.1) is 6.67 Å². The second-order valence-electron chi connectivity index (χ2n) is 20.5. The third-order valence-corrected chi connectivity index (χ3v) is 12.4. The van der Waals surface area contributed by atoms with E-state index in [2.05, 4.69) is 210 Å². The lowest BCUT2D eigenvalue weighted by Gasteiger charge is -2.41. The van der Waals surface area contributed by atoms with E-state index >= 15 is 0 Å². The molecule has 0 radical (unpaired) electrons. The van der Waals surface area contributed by atoms with E-state index in [0.29, 0.717) is 9.18 Å². The molecule has 5 nitrogen and oxygen atoms in total. The fourth-order valence-electron chi connectivity index (χ4n) is 8.83. The topological polar surface area (TPSA) is 27.1 Å². The monoisotopic (exact) mass is 753 g/mol. The highest BCUT2D eigenvalue weighted by atomic mass is 16.5. The predicted octanol–water partition coefficient (Wildman–Crippen LogP) is 14.5. The van der Waals surface area contributed by atoms with Crippen LogP contribution in [0.2, 0.25) is 0 Å². The van der Waals surface area contributed by atoms with Crippen LogP contribution in [-0.4, -0.2) is 9.55 Å². The number of benzene rings is 5. The van der Waals surface area contributed by atoms with Gasteiger partial charge in [-0.1, -0.05) is 119 Å². The maximum atomic E-state index is 6.86. The zero-order chi connectivity index (χ0) is 40.5. The van der Waals surface area contributed by atoms with Crippen LogP contribution in [0.1, 0.15) is 105 Å². The molecule has 0 amide bonds. The Morgan fingerprint density at radius 3 is 1.68 bits per heavy atom. The number of pyridine rings is 1. The molecule has 9 rings (SSSR count). The Labute approximate surface area is 339 Å². The predicted molar refractivity (Wildman–Crippen MR) is 240 cm³/mol. The molecular weight excluding hydrogens is 697 g/mol. The molecule has 0 bridgehead atoms. The highest BCUT2D eigenvalue weighted by Gasteiger charge is 2.78. The Morgan fingerprint density at radius 2 is 1.00 bits per heavy atom. The van der Waals surface area contributed by atoms with E-state index in [1.54, 1.807) is 0 Å². The third-order valence-electron chi connectivity index (χ3n) is 12.4. The summed E-state index contributed by atoms with van der Waals surface area (Å²) in [5, 5.41) is 2.39. The van der Waals surface area contributed by atoms with Crippen molar-refractivity contribution in [2.45, 2.75) is 105 Å². The molecule has 0 spiro atoms. The molecular formula is C52H57N4O+. The van der Waals surface area contributed by atoms with Gasteiger partial charge in [0.05, 0.1) is 11.0 Å². The van der Waals surface area contributed by atoms with Crippen LogP contribution in [0.4, 0.5) is 22.7 Å². The molecule has 2 aromatic heterocycles. The molecule has 0 N–H and O–H groups in total. The number of aromatic nitrogens is 2. The summed E-state index contributed by atoms with van der Waals surface area (Å²) >= 11 is 0. The lowest BCUT2D eigenvalue weighted by molar-refractivity contribution is 0.421. The number of nitrogens with zero attached hydrogens (tertiary/aromatic N) is 4. The van der Waals surface area contributed by atoms with Crippen LogP contribution in [-0.2, 0) is 21.7 Å². The average Bonchev–Trinajstić information content (AvgIpc) is 3.64. The van der Waals surface area contributed by atoms with Crippen LogP contribution in [0.15, 0.2) is 121 Å². The summed E-state index contributed by atoms with van der Waals surface area (Å²) in [6.07, 6.45) is 1.95. The van der Waals surface area contributed by atoms with Crippen LogP contribution in [0.5, 0.6) is 11.5 Å². The molecule has 57 heavy (non-hydrogen) atoms. The summed E-state index contributed by atoms with van der Waals surface area (Å²) in [7, 11) is 0. The smallest absolute Gasteiger partial charge is 0.225 e. The fraction of sp³-hybridized carbons (Fsp3) is 0.308. The number of ether oxygens (including phenoxy) is 1. The molecule has 2 atom stereocenters. The molecule has 1 unspecified atom stereocenters. The lowest BCUT2D eigenvalue weighted by Crippen LogP contribution is -2.46. The first kappa shape index (κ1) is 37.4. The van der Waals surface area contributed by atoms with Crippen molar-refractivity contribution in [1.29, 1.82) is 0 Å².